The summed E-state index contributed by atoms with van der Waals surface area (Å²) < 4.78 is 1.29. The molecule has 0 bridgehead atoms. The molecular formula is C26H40Cl2N6O3. The first-order valence-electron chi connectivity index (χ1n) is 12.4. The summed E-state index contributed by atoms with van der Waals surface area (Å²) in [5.41, 5.74) is 0.697. The van der Waals surface area contributed by atoms with Gasteiger partial charge in [-0.05, 0) is 25.5 Å². The fraction of sp³-hybridized carbons (Fsp3) is 0.538. The maximum atomic E-state index is 13.5. The lowest BCUT2D eigenvalue weighted by atomic mass is 9.98. The number of amides is 1. The van der Waals surface area contributed by atoms with Gasteiger partial charge >= 0.3 is 0 Å². The molecule has 2 aliphatic heterocycles. The summed E-state index contributed by atoms with van der Waals surface area (Å²) in [6.45, 7) is 7.92. The van der Waals surface area contributed by atoms with E-state index in [4.69, 9.17) is 5.84 Å². The van der Waals surface area contributed by atoms with Crippen molar-refractivity contribution < 1.29 is 48.5 Å². The smallest absolute Gasteiger partial charge is 0.296 e. The second-order valence-electron chi connectivity index (χ2n) is 11.1. The predicted octanol–water partition coefficient (Wildman–Crippen LogP) is -5.27. The molecule has 2 aromatic carbocycles. The van der Waals surface area contributed by atoms with Crippen LogP contribution in [-0.2, 0) is 4.79 Å². The van der Waals surface area contributed by atoms with E-state index in [1.165, 1.54) is 0 Å². The number of quaternary nitrogens is 2. The summed E-state index contributed by atoms with van der Waals surface area (Å²) >= 11 is 0. The van der Waals surface area contributed by atoms with Crippen molar-refractivity contribution >= 4 is 28.2 Å². The number of ketones is 1. The van der Waals surface area contributed by atoms with E-state index in [-0.39, 0.29) is 54.5 Å². The molecule has 2 heterocycles. The molecule has 9 nitrogen and oxygen atoms in total. The number of phenolic OH excluding ortho intramolecular Hbond substituents is 1. The Kier molecular flexibility index (Phi) is 10.3. The fourth-order valence-electron chi connectivity index (χ4n) is 5.16. The minimum absolute atomic E-state index is 0. The number of aromatic hydroxyl groups is 1. The summed E-state index contributed by atoms with van der Waals surface area (Å²) in [6, 6.07) is 8.92. The van der Waals surface area contributed by atoms with Crippen LogP contribution in [-0.4, -0.2) is 129 Å². The number of benzene rings is 2. The highest BCUT2D eigenvalue weighted by atomic mass is 35.5. The van der Waals surface area contributed by atoms with Crippen molar-refractivity contribution in [3.63, 3.8) is 0 Å². The fourth-order valence-corrected chi connectivity index (χ4v) is 5.16. The Morgan fingerprint density at radius 3 is 1.95 bits per heavy atom. The molecule has 0 atom stereocenters. The summed E-state index contributed by atoms with van der Waals surface area (Å²) in [6.07, 6.45) is 0. The van der Waals surface area contributed by atoms with Gasteiger partial charge in [-0.2, -0.15) is 0 Å². The number of nitrogens with zero attached hydrogens (tertiary/aromatic N) is 5. The van der Waals surface area contributed by atoms with Gasteiger partial charge in [0.15, 0.2) is 6.54 Å². The average molecular weight is 556 g/mol. The molecular weight excluding hydrogens is 515 g/mol. The number of fused-ring (bicyclic) bond motifs is 1. The first-order valence-corrected chi connectivity index (χ1v) is 12.4. The topological polar surface area (TPSA) is 90.1 Å². The van der Waals surface area contributed by atoms with Crippen LogP contribution in [0.15, 0.2) is 30.3 Å². The van der Waals surface area contributed by atoms with Crippen LogP contribution in [0.25, 0.3) is 10.8 Å². The van der Waals surface area contributed by atoms with E-state index in [9.17, 15) is 14.7 Å². The van der Waals surface area contributed by atoms with Crippen molar-refractivity contribution in [3.8, 4) is 5.75 Å². The number of anilines is 1. The van der Waals surface area contributed by atoms with Crippen LogP contribution in [0.1, 0.15) is 10.4 Å². The van der Waals surface area contributed by atoms with Crippen molar-refractivity contribution in [1.82, 2.24) is 9.80 Å². The van der Waals surface area contributed by atoms with Crippen LogP contribution in [0.2, 0.25) is 0 Å². The number of phenols is 1. The molecule has 3 N–H and O–H groups in total. The van der Waals surface area contributed by atoms with Gasteiger partial charge in [-0.25, -0.2) is 10.9 Å². The molecule has 0 spiro atoms. The number of rotatable bonds is 6. The molecule has 1 amide bonds. The van der Waals surface area contributed by atoms with Gasteiger partial charge in [0.2, 0.25) is 5.78 Å². The van der Waals surface area contributed by atoms with Crippen molar-refractivity contribution in [3.05, 3.63) is 35.9 Å². The van der Waals surface area contributed by atoms with Gasteiger partial charge in [-0.3, -0.25) is 19.4 Å². The quantitative estimate of drug-likeness (QED) is 0.122. The Hall–Kier alpha value is -1.98. The Bertz CT molecular complexity index is 1110. The number of halogens is 2. The van der Waals surface area contributed by atoms with E-state index in [0.717, 1.165) is 62.8 Å². The van der Waals surface area contributed by atoms with Crippen LogP contribution >= 0.6 is 0 Å². The van der Waals surface area contributed by atoms with E-state index < -0.39 is 0 Å². The maximum Gasteiger partial charge on any atom is 0.296 e. The Balaban J connectivity index is 0.00000241. The van der Waals surface area contributed by atoms with Crippen LogP contribution < -0.4 is 35.7 Å². The van der Waals surface area contributed by atoms with Crippen LogP contribution in [0.4, 0.5) is 5.69 Å². The van der Waals surface area contributed by atoms with Crippen molar-refractivity contribution in [2.75, 3.05) is 98.6 Å². The predicted molar refractivity (Wildman–Crippen MR) is 138 cm³/mol. The number of hydrazine groups is 1. The van der Waals surface area contributed by atoms with Crippen LogP contribution in [0.3, 0.4) is 0 Å². The molecule has 0 aromatic heterocycles. The highest BCUT2D eigenvalue weighted by molar-refractivity contribution is 6.13. The minimum atomic E-state index is -0.258. The Morgan fingerprint density at radius 1 is 0.892 bits per heavy atom. The highest BCUT2D eigenvalue weighted by Crippen LogP contribution is 2.37. The lowest BCUT2D eigenvalue weighted by Gasteiger charge is -2.41. The van der Waals surface area contributed by atoms with Crippen molar-refractivity contribution in [1.29, 1.82) is 0 Å². The van der Waals surface area contributed by atoms with Crippen LogP contribution in [0, 0.1) is 0 Å². The lowest BCUT2D eigenvalue weighted by molar-refractivity contribution is -0.905. The number of hydrogen-bond donors (Lipinski definition) is 2. The van der Waals surface area contributed by atoms with E-state index in [1.807, 2.05) is 18.2 Å². The molecule has 0 radical (unpaired) electrons. The number of Topliss-reactive ketones (excluding diaryl/α,β-unsaturated/α-hetero) is 1. The molecule has 0 aliphatic carbocycles. The van der Waals surface area contributed by atoms with Crippen molar-refractivity contribution in [2.45, 2.75) is 0 Å². The van der Waals surface area contributed by atoms with Gasteiger partial charge in [0, 0.05) is 37.1 Å². The highest BCUT2D eigenvalue weighted by Gasteiger charge is 2.33. The number of carbonyl (C=O) groups excluding carboxylic acids is 2. The third kappa shape index (κ3) is 6.92. The van der Waals surface area contributed by atoms with Gasteiger partial charge < -0.3 is 38.9 Å². The molecule has 0 unspecified atom stereocenters. The summed E-state index contributed by atoms with van der Waals surface area (Å²) in [5, 5.41) is 13.5. The molecule has 0 saturated carbocycles. The average Bonchev–Trinajstić information content (AvgIpc) is 2.82. The van der Waals surface area contributed by atoms with Gasteiger partial charge in [0.25, 0.3) is 5.91 Å². The van der Waals surface area contributed by atoms with Crippen LogP contribution in [0.5, 0.6) is 5.75 Å². The number of likely N-dealkylation sites (N-methyl/N-ethyl adjacent to an activating group) is 4. The zero-order valence-corrected chi connectivity index (χ0v) is 23.8. The molecule has 4 rings (SSSR count). The standard InChI is InChI=1S/C26H39N6O3.2ClH/c1-28-10-14-31(3,15-11-28)18-23(33)21-7-5-6-20-8-9-22(26(35)25(20)21)30(27)24(34)19-32(4)16-12-29(2)13-17-32;;/h5-9H,10-19,27H2,1-4H3;2*1H/q+1;;/p-1. The summed E-state index contributed by atoms with van der Waals surface area (Å²) in [4.78, 5) is 31.1. The Labute approximate surface area is 232 Å². The van der Waals surface area contributed by atoms with Crippen molar-refractivity contribution in [2.24, 2.45) is 5.84 Å². The minimum Gasteiger partial charge on any atom is -1.00 e. The summed E-state index contributed by atoms with van der Waals surface area (Å²) in [7, 11) is 8.36. The molecule has 2 aromatic rings. The SMILES string of the molecule is CN1CC[N+](C)(CC(=O)c2cccc3ccc(N(N)C(=O)C[N+]4(C)CCN(C)CC4)c(O)c23)CC1.[Cl-].[Cl-]. The second kappa shape index (κ2) is 12.3. The largest absolute Gasteiger partial charge is 1.00 e. The van der Waals surface area contributed by atoms with Gasteiger partial charge in [-0.15, -0.1) is 0 Å². The molecule has 37 heavy (non-hydrogen) atoms. The van der Waals surface area contributed by atoms with Gasteiger partial charge in [-0.1, -0.05) is 24.3 Å². The monoisotopic (exact) mass is 554 g/mol. The number of piperazine rings is 2. The zero-order valence-electron chi connectivity index (χ0n) is 22.3. The van der Waals surface area contributed by atoms with Gasteiger partial charge in [0.1, 0.15) is 18.0 Å². The lowest BCUT2D eigenvalue weighted by Crippen LogP contribution is -3.00. The normalized spacial score (nSPS) is 19.5. The number of carbonyl (C=O) groups is 2. The van der Waals surface area contributed by atoms with Gasteiger partial charge in [0.05, 0.1) is 40.3 Å². The second-order valence-corrected chi connectivity index (χ2v) is 11.1. The maximum absolute atomic E-state index is 13.5. The summed E-state index contributed by atoms with van der Waals surface area (Å²) in [5.74, 6) is 5.86. The zero-order chi connectivity index (χ0) is 25.4. The molecule has 2 saturated heterocycles. The third-order valence-corrected chi connectivity index (χ3v) is 7.95. The molecule has 2 fully saturated rings. The first-order chi connectivity index (χ1) is 16.5. The van der Waals surface area contributed by atoms with E-state index in [1.54, 1.807) is 12.1 Å². The Morgan fingerprint density at radius 2 is 1.41 bits per heavy atom. The first kappa shape index (κ1) is 31.2. The van der Waals surface area contributed by atoms with E-state index in [2.05, 4.69) is 38.0 Å². The van der Waals surface area contributed by atoms with E-state index in [0.29, 0.717) is 26.5 Å². The number of hydrogen-bond acceptors (Lipinski definition) is 6. The van der Waals surface area contributed by atoms with E-state index >= 15 is 0 Å². The molecule has 206 valence electrons. The third-order valence-electron chi connectivity index (χ3n) is 7.95. The molecule has 2 aliphatic rings. The number of nitrogens with two attached hydrogens (primary N) is 1. The molecule has 11 heteroatoms.